The number of methoxy groups -OCH3 is 1. The van der Waals surface area contributed by atoms with Gasteiger partial charge in [0.15, 0.2) is 0 Å². The molecule has 0 amide bonds. The van der Waals surface area contributed by atoms with Crippen molar-refractivity contribution in [2.45, 2.75) is 12.3 Å². The van der Waals surface area contributed by atoms with Crippen LogP contribution in [0.5, 0.6) is 5.75 Å². The number of fused-ring (bicyclic) bond motifs is 1. The van der Waals surface area contributed by atoms with Gasteiger partial charge in [-0.25, -0.2) is 0 Å². The summed E-state index contributed by atoms with van der Waals surface area (Å²) in [7, 11) is 1.69. The SMILES string of the molecule is COc1ccc2[nH]cc(CC(CN)c3ccccc3)c2c1. The zero-order valence-electron chi connectivity index (χ0n) is 12.2. The molecule has 0 bridgehead atoms. The third kappa shape index (κ3) is 2.78. The van der Waals surface area contributed by atoms with Crippen molar-refractivity contribution >= 4 is 10.9 Å². The summed E-state index contributed by atoms with van der Waals surface area (Å²) in [5.41, 5.74) is 9.69. The van der Waals surface area contributed by atoms with Crippen molar-refractivity contribution in [2.24, 2.45) is 5.73 Å². The van der Waals surface area contributed by atoms with E-state index in [1.807, 2.05) is 12.1 Å². The Kier molecular flexibility index (Phi) is 3.93. The Hall–Kier alpha value is -2.26. The van der Waals surface area contributed by atoms with E-state index in [9.17, 15) is 0 Å². The largest absolute Gasteiger partial charge is 0.497 e. The number of benzene rings is 2. The monoisotopic (exact) mass is 280 g/mol. The highest BCUT2D eigenvalue weighted by Crippen LogP contribution is 2.28. The molecule has 108 valence electrons. The van der Waals surface area contributed by atoms with Gasteiger partial charge in [-0.05, 0) is 42.3 Å². The summed E-state index contributed by atoms with van der Waals surface area (Å²) in [6, 6.07) is 16.6. The molecule has 3 N–H and O–H groups in total. The molecule has 0 aliphatic carbocycles. The fourth-order valence-electron chi connectivity index (χ4n) is 2.78. The Bertz CT molecular complexity index is 718. The van der Waals surface area contributed by atoms with Crippen molar-refractivity contribution in [2.75, 3.05) is 13.7 Å². The van der Waals surface area contributed by atoms with Crippen LogP contribution >= 0.6 is 0 Å². The van der Waals surface area contributed by atoms with Gasteiger partial charge in [-0.3, -0.25) is 0 Å². The summed E-state index contributed by atoms with van der Waals surface area (Å²) in [6.07, 6.45) is 3.00. The zero-order valence-corrected chi connectivity index (χ0v) is 12.2. The van der Waals surface area contributed by atoms with E-state index >= 15 is 0 Å². The van der Waals surface area contributed by atoms with Gasteiger partial charge < -0.3 is 15.5 Å². The molecule has 1 unspecified atom stereocenters. The van der Waals surface area contributed by atoms with Crippen LogP contribution in [0.15, 0.2) is 54.7 Å². The average Bonchev–Trinajstić information content (AvgIpc) is 2.95. The van der Waals surface area contributed by atoms with Crippen LogP contribution in [-0.4, -0.2) is 18.6 Å². The van der Waals surface area contributed by atoms with Crippen LogP contribution in [0.2, 0.25) is 0 Å². The number of aromatic amines is 1. The Morgan fingerprint density at radius 2 is 1.95 bits per heavy atom. The Morgan fingerprint density at radius 3 is 2.67 bits per heavy atom. The lowest BCUT2D eigenvalue weighted by atomic mass is 9.92. The minimum atomic E-state index is 0.330. The summed E-state index contributed by atoms with van der Waals surface area (Å²) < 4.78 is 5.32. The topological polar surface area (TPSA) is 51.0 Å². The van der Waals surface area contributed by atoms with Crippen LogP contribution in [0.1, 0.15) is 17.0 Å². The van der Waals surface area contributed by atoms with Gasteiger partial charge in [0, 0.05) is 23.0 Å². The molecule has 0 fully saturated rings. The van der Waals surface area contributed by atoms with Crippen LogP contribution in [0.3, 0.4) is 0 Å². The van der Waals surface area contributed by atoms with E-state index in [1.165, 1.54) is 16.5 Å². The maximum absolute atomic E-state index is 5.99. The van der Waals surface area contributed by atoms with Gasteiger partial charge in [0.25, 0.3) is 0 Å². The molecule has 0 radical (unpaired) electrons. The van der Waals surface area contributed by atoms with E-state index in [0.717, 1.165) is 17.7 Å². The highest BCUT2D eigenvalue weighted by atomic mass is 16.5. The van der Waals surface area contributed by atoms with Crippen molar-refractivity contribution in [1.29, 1.82) is 0 Å². The fraction of sp³-hybridized carbons (Fsp3) is 0.222. The molecular formula is C18H20N2O. The van der Waals surface area contributed by atoms with Gasteiger partial charge in [0.05, 0.1) is 7.11 Å². The van der Waals surface area contributed by atoms with E-state index in [0.29, 0.717) is 12.5 Å². The fourth-order valence-corrected chi connectivity index (χ4v) is 2.78. The number of H-pyrrole nitrogens is 1. The molecule has 0 aliphatic rings. The molecule has 1 atom stereocenters. The molecule has 3 aromatic rings. The van der Waals surface area contributed by atoms with Crippen molar-refractivity contribution in [3.05, 3.63) is 65.9 Å². The normalized spacial score (nSPS) is 12.5. The molecule has 0 saturated carbocycles. The maximum atomic E-state index is 5.99. The first-order chi connectivity index (χ1) is 10.3. The Labute approximate surface area is 124 Å². The number of aromatic nitrogens is 1. The first-order valence-corrected chi connectivity index (χ1v) is 7.21. The lowest BCUT2D eigenvalue weighted by molar-refractivity contribution is 0.415. The summed E-state index contributed by atoms with van der Waals surface area (Å²) in [5.74, 6) is 1.21. The van der Waals surface area contributed by atoms with Crippen molar-refractivity contribution < 1.29 is 4.74 Å². The second-order valence-corrected chi connectivity index (χ2v) is 5.27. The van der Waals surface area contributed by atoms with Crippen LogP contribution < -0.4 is 10.5 Å². The smallest absolute Gasteiger partial charge is 0.119 e. The minimum Gasteiger partial charge on any atom is -0.497 e. The molecule has 3 heteroatoms. The van der Waals surface area contributed by atoms with Gasteiger partial charge in [-0.2, -0.15) is 0 Å². The molecular weight excluding hydrogens is 260 g/mol. The van der Waals surface area contributed by atoms with Crippen LogP contribution in [0.25, 0.3) is 10.9 Å². The molecule has 1 heterocycles. The second kappa shape index (κ2) is 6.02. The molecule has 0 spiro atoms. The molecule has 3 nitrogen and oxygen atoms in total. The van der Waals surface area contributed by atoms with Gasteiger partial charge in [0.1, 0.15) is 5.75 Å². The Morgan fingerprint density at radius 1 is 1.14 bits per heavy atom. The second-order valence-electron chi connectivity index (χ2n) is 5.27. The van der Waals surface area contributed by atoms with E-state index in [1.54, 1.807) is 7.11 Å². The number of nitrogens with two attached hydrogens (primary N) is 1. The molecule has 2 aromatic carbocycles. The summed E-state index contributed by atoms with van der Waals surface area (Å²) >= 11 is 0. The predicted molar refractivity (Wildman–Crippen MR) is 86.8 cm³/mol. The number of nitrogens with one attached hydrogen (secondary N) is 1. The van der Waals surface area contributed by atoms with E-state index in [-0.39, 0.29) is 0 Å². The number of ether oxygens (including phenoxy) is 1. The van der Waals surface area contributed by atoms with Crippen molar-refractivity contribution in [3.63, 3.8) is 0 Å². The molecule has 21 heavy (non-hydrogen) atoms. The first kappa shape index (κ1) is 13.7. The predicted octanol–water partition coefficient (Wildman–Crippen LogP) is 3.46. The lowest BCUT2D eigenvalue weighted by Gasteiger charge is -2.14. The lowest BCUT2D eigenvalue weighted by Crippen LogP contribution is -2.14. The molecule has 0 saturated heterocycles. The third-order valence-electron chi connectivity index (χ3n) is 4.00. The minimum absolute atomic E-state index is 0.330. The van der Waals surface area contributed by atoms with E-state index < -0.39 is 0 Å². The van der Waals surface area contributed by atoms with Crippen molar-refractivity contribution in [1.82, 2.24) is 4.98 Å². The average molecular weight is 280 g/mol. The number of hydrogen-bond donors (Lipinski definition) is 2. The van der Waals surface area contributed by atoms with E-state index in [4.69, 9.17) is 10.5 Å². The van der Waals surface area contributed by atoms with Crippen LogP contribution in [0, 0.1) is 0 Å². The molecule has 0 aliphatic heterocycles. The van der Waals surface area contributed by atoms with Gasteiger partial charge >= 0.3 is 0 Å². The number of hydrogen-bond acceptors (Lipinski definition) is 2. The van der Waals surface area contributed by atoms with Crippen molar-refractivity contribution in [3.8, 4) is 5.75 Å². The third-order valence-corrected chi connectivity index (χ3v) is 4.00. The number of rotatable bonds is 5. The summed E-state index contributed by atoms with van der Waals surface area (Å²) in [5, 5.41) is 1.21. The highest BCUT2D eigenvalue weighted by molar-refractivity contribution is 5.84. The zero-order chi connectivity index (χ0) is 14.7. The Balaban J connectivity index is 1.93. The first-order valence-electron chi connectivity index (χ1n) is 7.21. The summed E-state index contributed by atoms with van der Waals surface area (Å²) in [6.45, 7) is 0.640. The van der Waals surface area contributed by atoms with Crippen LogP contribution in [0.4, 0.5) is 0 Å². The van der Waals surface area contributed by atoms with Gasteiger partial charge in [0.2, 0.25) is 0 Å². The summed E-state index contributed by atoms with van der Waals surface area (Å²) in [4.78, 5) is 3.32. The van der Waals surface area contributed by atoms with Gasteiger partial charge in [-0.1, -0.05) is 30.3 Å². The molecule has 3 rings (SSSR count). The van der Waals surface area contributed by atoms with E-state index in [2.05, 4.69) is 47.6 Å². The quantitative estimate of drug-likeness (QED) is 0.752. The molecule has 1 aromatic heterocycles. The van der Waals surface area contributed by atoms with Gasteiger partial charge in [-0.15, -0.1) is 0 Å². The maximum Gasteiger partial charge on any atom is 0.119 e. The highest BCUT2D eigenvalue weighted by Gasteiger charge is 2.13. The standard InChI is InChI=1S/C18H20N2O/c1-21-16-7-8-18-17(10-16)15(12-20-18)9-14(11-19)13-5-3-2-4-6-13/h2-8,10,12,14,20H,9,11,19H2,1H3. The van der Waals surface area contributed by atoms with Crippen LogP contribution in [-0.2, 0) is 6.42 Å².